The molecule has 0 aromatic heterocycles. The molecule has 1 saturated carbocycles. The zero-order chi connectivity index (χ0) is 13.9. The minimum atomic E-state index is -0.0815. The average molecular weight is 339 g/mol. The van der Waals surface area contributed by atoms with Gasteiger partial charge in [0, 0.05) is 29.6 Å². The molecule has 3 atom stereocenters. The first kappa shape index (κ1) is 13.9. The van der Waals surface area contributed by atoms with Crippen molar-refractivity contribution in [3.8, 4) is 0 Å². The highest BCUT2D eigenvalue weighted by Gasteiger charge is 2.43. The van der Waals surface area contributed by atoms with Crippen LogP contribution in [0.2, 0.25) is 0 Å². The van der Waals surface area contributed by atoms with Crippen LogP contribution in [0.25, 0.3) is 0 Å². The Morgan fingerprint density at radius 1 is 1.35 bits per heavy atom. The first-order valence-electron chi connectivity index (χ1n) is 7.13. The van der Waals surface area contributed by atoms with E-state index < -0.39 is 0 Å². The number of hydrogen-bond acceptors (Lipinski definition) is 2. The van der Waals surface area contributed by atoms with E-state index in [0.717, 1.165) is 29.5 Å². The van der Waals surface area contributed by atoms with E-state index in [1.807, 2.05) is 24.3 Å². The molecule has 4 nitrogen and oxygen atoms in total. The number of halogens is 1. The summed E-state index contributed by atoms with van der Waals surface area (Å²) >= 11 is 3.40. The Balaban J connectivity index is 1.42. The van der Waals surface area contributed by atoms with Crippen molar-refractivity contribution in [2.45, 2.75) is 38.0 Å². The Morgan fingerprint density at radius 3 is 2.90 bits per heavy atom. The first-order valence-corrected chi connectivity index (χ1v) is 7.92. The molecule has 1 aromatic rings. The summed E-state index contributed by atoms with van der Waals surface area (Å²) in [6, 6.07) is 8.15. The highest BCUT2D eigenvalue weighted by atomic mass is 79.9. The molecule has 1 saturated heterocycles. The highest BCUT2D eigenvalue weighted by Crippen LogP contribution is 2.37. The van der Waals surface area contributed by atoms with Crippen molar-refractivity contribution >= 4 is 22.0 Å². The van der Waals surface area contributed by atoms with Gasteiger partial charge in [0.05, 0.1) is 6.10 Å². The van der Waals surface area contributed by atoms with Gasteiger partial charge in [-0.2, -0.15) is 0 Å². The number of benzene rings is 1. The van der Waals surface area contributed by atoms with Crippen LogP contribution in [0.3, 0.4) is 0 Å². The van der Waals surface area contributed by atoms with E-state index in [1.165, 1.54) is 6.42 Å². The van der Waals surface area contributed by atoms with E-state index in [1.54, 1.807) is 0 Å². The second-order valence-electron chi connectivity index (χ2n) is 5.51. The normalized spacial score (nSPS) is 28.1. The topological polar surface area (TPSA) is 50.4 Å². The molecule has 1 aromatic carbocycles. The van der Waals surface area contributed by atoms with E-state index in [9.17, 15) is 4.79 Å². The zero-order valence-corrected chi connectivity index (χ0v) is 12.9. The monoisotopic (exact) mass is 338 g/mol. The number of rotatable bonds is 3. The molecule has 2 aliphatic rings. The molecule has 20 heavy (non-hydrogen) atoms. The van der Waals surface area contributed by atoms with E-state index >= 15 is 0 Å². The minimum Gasteiger partial charge on any atom is -0.378 e. The Kier molecular flexibility index (Phi) is 4.27. The second kappa shape index (κ2) is 6.14. The van der Waals surface area contributed by atoms with Crippen molar-refractivity contribution < 1.29 is 9.53 Å². The maximum Gasteiger partial charge on any atom is 0.315 e. The molecule has 2 amide bonds. The molecule has 2 N–H and O–H groups in total. The van der Waals surface area contributed by atoms with E-state index in [2.05, 4.69) is 26.6 Å². The number of fused-ring (bicyclic) bond motifs is 1. The van der Waals surface area contributed by atoms with Crippen molar-refractivity contribution in [2.75, 3.05) is 6.61 Å². The summed E-state index contributed by atoms with van der Waals surface area (Å²) < 4.78 is 6.70. The van der Waals surface area contributed by atoms with Crippen LogP contribution in [0.1, 0.15) is 24.8 Å². The van der Waals surface area contributed by atoms with Gasteiger partial charge in [-0.15, -0.1) is 0 Å². The van der Waals surface area contributed by atoms with E-state index in [-0.39, 0.29) is 12.1 Å². The molecule has 2 fully saturated rings. The number of nitrogens with one attached hydrogen (secondary N) is 2. The number of urea groups is 1. The van der Waals surface area contributed by atoms with Gasteiger partial charge >= 0.3 is 6.03 Å². The quantitative estimate of drug-likeness (QED) is 0.890. The van der Waals surface area contributed by atoms with Crippen molar-refractivity contribution in [2.24, 2.45) is 5.92 Å². The number of carbonyl (C=O) groups is 1. The summed E-state index contributed by atoms with van der Waals surface area (Å²) in [5.41, 5.74) is 1.09. The van der Waals surface area contributed by atoms with Gasteiger partial charge in [-0.05, 0) is 37.0 Å². The van der Waals surface area contributed by atoms with Crippen LogP contribution >= 0.6 is 15.9 Å². The van der Waals surface area contributed by atoms with Crippen molar-refractivity contribution in [1.29, 1.82) is 0 Å². The lowest BCUT2D eigenvalue weighted by Crippen LogP contribution is -2.59. The van der Waals surface area contributed by atoms with Gasteiger partial charge in [0.25, 0.3) is 0 Å². The van der Waals surface area contributed by atoms with Gasteiger partial charge in [0.15, 0.2) is 0 Å². The Labute approximate surface area is 127 Å². The van der Waals surface area contributed by atoms with Crippen LogP contribution in [-0.4, -0.2) is 24.8 Å². The third kappa shape index (κ3) is 3.15. The molecule has 5 heteroatoms. The van der Waals surface area contributed by atoms with Gasteiger partial charge in [0.1, 0.15) is 0 Å². The van der Waals surface area contributed by atoms with Crippen LogP contribution < -0.4 is 10.6 Å². The number of hydrogen-bond donors (Lipinski definition) is 2. The Hall–Kier alpha value is -1.07. The highest BCUT2D eigenvalue weighted by molar-refractivity contribution is 9.10. The van der Waals surface area contributed by atoms with E-state index in [0.29, 0.717) is 18.6 Å². The van der Waals surface area contributed by atoms with Crippen molar-refractivity contribution in [3.63, 3.8) is 0 Å². The molecule has 0 spiro atoms. The third-order valence-corrected chi connectivity index (χ3v) is 4.71. The fourth-order valence-electron chi connectivity index (χ4n) is 2.97. The predicted octanol–water partition coefficient (Wildman–Crippen LogP) is 2.82. The fraction of sp³-hybridized carbons (Fsp3) is 0.533. The number of ether oxygens (including phenoxy) is 1. The standard InChI is InChI=1S/C15H19BrN2O2/c16-11-5-3-10(4-6-11)9-17-15(19)18-13-8-14-12(13)2-1-7-20-14/h3-6,12-14H,1-2,7-9H2,(H2,17,18,19)/t12-,13+,14-/m0/s1. The molecule has 3 rings (SSSR count). The lowest BCUT2D eigenvalue weighted by atomic mass is 9.72. The lowest BCUT2D eigenvalue weighted by Gasteiger charge is -2.47. The van der Waals surface area contributed by atoms with E-state index in [4.69, 9.17) is 4.74 Å². The Morgan fingerprint density at radius 2 is 2.15 bits per heavy atom. The first-order chi connectivity index (χ1) is 9.72. The average Bonchev–Trinajstić information content (AvgIpc) is 2.44. The summed E-state index contributed by atoms with van der Waals surface area (Å²) in [5, 5.41) is 5.96. The van der Waals surface area contributed by atoms with Gasteiger partial charge in [-0.3, -0.25) is 0 Å². The maximum absolute atomic E-state index is 11.9. The summed E-state index contributed by atoms with van der Waals surface area (Å²) in [6.07, 6.45) is 3.61. The lowest BCUT2D eigenvalue weighted by molar-refractivity contribution is -0.0999. The zero-order valence-electron chi connectivity index (χ0n) is 11.3. The molecule has 0 unspecified atom stereocenters. The third-order valence-electron chi connectivity index (χ3n) is 4.18. The van der Waals surface area contributed by atoms with Crippen LogP contribution in [0.4, 0.5) is 4.79 Å². The smallest absolute Gasteiger partial charge is 0.315 e. The Bertz CT molecular complexity index is 477. The molecule has 1 aliphatic carbocycles. The SMILES string of the molecule is O=C(NCc1ccc(Br)cc1)N[C@@H]1C[C@@H]2OCCC[C@H]21. The molecule has 0 bridgehead atoms. The molecule has 108 valence electrons. The van der Waals surface area contributed by atoms with Gasteiger partial charge in [-0.1, -0.05) is 28.1 Å². The van der Waals surface area contributed by atoms with Crippen molar-refractivity contribution in [3.05, 3.63) is 34.3 Å². The van der Waals surface area contributed by atoms with Crippen LogP contribution in [0.5, 0.6) is 0 Å². The molecule has 1 heterocycles. The predicted molar refractivity (Wildman–Crippen MR) is 80.4 cm³/mol. The van der Waals surface area contributed by atoms with Gasteiger partial charge < -0.3 is 15.4 Å². The van der Waals surface area contributed by atoms with Crippen molar-refractivity contribution in [1.82, 2.24) is 10.6 Å². The maximum atomic E-state index is 11.9. The molecular formula is C15H19BrN2O2. The van der Waals surface area contributed by atoms with Crippen LogP contribution in [-0.2, 0) is 11.3 Å². The summed E-state index contributed by atoms with van der Waals surface area (Å²) in [7, 11) is 0. The largest absolute Gasteiger partial charge is 0.378 e. The summed E-state index contributed by atoms with van der Waals surface area (Å²) in [6.45, 7) is 1.43. The number of amides is 2. The van der Waals surface area contributed by atoms with Crippen LogP contribution in [0, 0.1) is 5.92 Å². The summed E-state index contributed by atoms with van der Waals surface area (Å²) in [5.74, 6) is 0.516. The summed E-state index contributed by atoms with van der Waals surface area (Å²) in [4.78, 5) is 11.9. The molecule has 0 radical (unpaired) electrons. The molecular weight excluding hydrogens is 320 g/mol. The second-order valence-corrected chi connectivity index (χ2v) is 6.43. The fourth-order valence-corrected chi connectivity index (χ4v) is 3.23. The molecule has 1 aliphatic heterocycles. The number of carbonyl (C=O) groups excluding carboxylic acids is 1. The van der Waals surface area contributed by atoms with Crippen LogP contribution in [0.15, 0.2) is 28.7 Å². The minimum absolute atomic E-state index is 0.0815. The van der Waals surface area contributed by atoms with Gasteiger partial charge in [0.2, 0.25) is 0 Å². The van der Waals surface area contributed by atoms with Gasteiger partial charge in [-0.25, -0.2) is 4.79 Å².